The highest BCUT2D eigenvalue weighted by Gasteiger charge is 2.10. The summed E-state index contributed by atoms with van der Waals surface area (Å²) in [6.07, 6.45) is 1.86. The van der Waals surface area contributed by atoms with Gasteiger partial charge in [0.1, 0.15) is 11.5 Å². The van der Waals surface area contributed by atoms with E-state index in [1.54, 1.807) is 32.2 Å². The van der Waals surface area contributed by atoms with Gasteiger partial charge in [0.25, 0.3) is 0 Å². The number of rotatable bonds is 5. The Balaban J connectivity index is 3.22. The summed E-state index contributed by atoms with van der Waals surface area (Å²) in [6.45, 7) is 1.74. The zero-order valence-corrected chi connectivity index (χ0v) is 10.1. The van der Waals surface area contributed by atoms with E-state index < -0.39 is 0 Å². The van der Waals surface area contributed by atoms with Crippen LogP contribution in [0, 0.1) is 10.1 Å². The number of nitro groups is 1. The van der Waals surface area contributed by atoms with Crippen molar-refractivity contribution in [1.29, 1.82) is 0 Å². The second-order valence-corrected chi connectivity index (χ2v) is 3.35. The SMILES string of the molecule is CC/C(=C/c1cc(OC)ccc1OC)[N+](=O)[O-]. The Morgan fingerprint density at radius 2 is 2.12 bits per heavy atom. The maximum Gasteiger partial charge on any atom is 0.246 e. The largest absolute Gasteiger partial charge is 0.497 e. The number of allylic oxidation sites excluding steroid dienone is 1. The van der Waals surface area contributed by atoms with Gasteiger partial charge in [0.05, 0.1) is 19.1 Å². The van der Waals surface area contributed by atoms with Crippen LogP contribution in [0.4, 0.5) is 0 Å². The van der Waals surface area contributed by atoms with Crippen LogP contribution in [0.1, 0.15) is 18.9 Å². The molecular weight excluding hydrogens is 222 g/mol. The van der Waals surface area contributed by atoms with Gasteiger partial charge in [0.15, 0.2) is 0 Å². The topological polar surface area (TPSA) is 61.6 Å². The fraction of sp³-hybridized carbons (Fsp3) is 0.333. The van der Waals surface area contributed by atoms with Gasteiger partial charge in [-0.3, -0.25) is 10.1 Å². The van der Waals surface area contributed by atoms with Crippen LogP contribution in [0.2, 0.25) is 0 Å². The molecule has 0 amide bonds. The molecule has 1 aromatic carbocycles. The molecule has 0 saturated heterocycles. The molecule has 0 fully saturated rings. The third-order valence-electron chi connectivity index (χ3n) is 2.36. The zero-order chi connectivity index (χ0) is 12.8. The molecule has 0 atom stereocenters. The average Bonchev–Trinajstić information content (AvgIpc) is 2.35. The average molecular weight is 237 g/mol. The molecule has 0 saturated carbocycles. The summed E-state index contributed by atoms with van der Waals surface area (Å²) >= 11 is 0. The van der Waals surface area contributed by atoms with E-state index in [1.165, 1.54) is 13.2 Å². The molecule has 5 nitrogen and oxygen atoms in total. The van der Waals surface area contributed by atoms with E-state index in [-0.39, 0.29) is 10.6 Å². The van der Waals surface area contributed by atoms with Gasteiger partial charge < -0.3 is 9.47 Å². The Hall–Kier alpha value is -2.04. The minimum Gasteiger partial charge on any atom is -0.497 e. The summed E-state index contributed by atoms with van der Waals surface area (Å²) in [6, 6.07) is 5.17. The Labute approximate surface area is 99.8 Å². The molecule has 5 heteroatoms. The predicted molar refractivity (Wildman–Crippen MR) is 64.8 cm³/mol. The molecule has 0 heterocycles. The Kier molecular flexibility index (Phi) is 4.51. The van der Waals surface area contributed by atoms with Crippen LogP contribution in [0.3, 0.4) is 0 Å². The van der Waals surface area contributed by atoms with Gasteiger partial charge in [-0.1, -0.05) is 6.92 Å². The summed E-state index contributed by atoms with van der Waals surface area (Å²) < 4.78 is 10.2. The van der Waals surface area contributed by atoms with Crippen LogP contribution in [-0.2, 0) is 0 Å². The normalized spacial score (nSPS) is 11.1. The number of benzene rings is 1. The van der Waals surface area contributed by atoms with Crippen molar-refractivity contribution in [2.45, 2.75) is 13.3 Å². The third-order valence-corrected chi connectivity index (χ3v) is 2.36. The van der Waals surface area contributed by atoms with Crippen molar-refractivity contribution in [1.82, 2.24) is 0 Å². The van der Waals surface area contributed by atoms with Gasteiger partial charge in [0, 0.05) is 18.1 Å². The molecule has 0 aromatic heterocycles. The van der Waals surface area contributed by atoms with Crippen molar-refractivity contribution in [3.63, 3.8) is 0 Å². The minimum absolute atomic E-state index is 0.136. The Morgan fingerprint density at radius 3 is 2.59 bits per heavy atom. The number of nitrogens with zero attached hydrogens (tertiary/aromatic N) is 1. The molecule has 0 radical (unpaired) electrons. The number of hydrogen-bond donors (Lipinski definition) is 0. The molecule has 0 aliphatic heterocycles. The third kappa shape index (κ3) is 3.21. The van der Waals surface area contributed by atoms with Gasteiger partial charge in [-0.15, -0.1) is 0 Å². The van der Waals surface area contributed by atoms with Crippen LogP contribution in [0.15, 0.2) is 23.9 Å². The highest BCUT2D eigenvalue weighted by molar-refractivity contribution is 5.60. The zero-order valence-electron chi connectivity index (χ0n) is 10.1. The second kappa shape index (κ2) is 5.89. The summed E-state index contributed by atoms with van der Waals surface area (Å²) in [5, 5.41) is 10.8. The number of methoxy groups -OCH3 is 2. The fourth-order valence-electron chi connectivity index (χ4n) is 1.42. The van der Waals surface area contributed by atoms with E-state index in [4.69, 9.17) is 9.47 Å². The first kappa shape index (κ1) is 13.0. The van der Waals surface area contributed by atoms with Crippen molar-refractivity contribution >= 4 is 6.08 Å². The van der Waals surface area contributed by atoms with Gasteiger partial charge in [-0.25, -0.2) is 0 Å². The summed E-state index contributed by atoms with van der Waals surface area (Å²) in [4.78, 5) is 10.4. The molecule has 0 aliphatic rings. The summed E-state index contributed by atoms with van der Waals surface area (Å²) in [5.74, 6) is 1.22. The van der Waals surface area contributed by atoms with E-state index in [0.717, 1.165) is 0 Å². The maximum atomic E-state index is 10.8. The maximum absolute atomic E-state index is 10.8. The molecule has 1 rings (SSSR count). The summed E-state index contributed by atoms with van der Waals surface area (Å²) in [5.41, 5.74) is 0.775. The van der Waals surface area contributed by atoms with Crippen LogP contribution in [0.5, 0.6) is 11.5 Å². The molecule has 92 valence electrons. The van der Waals surface area contributed by atoms with E-state index in [9.17, 15) is 10.1 Å². The van der Waals surface area contributed by atoms with Gasteiger partial charge in [-0.2, -0.15) is 0 Å². The Morgan fingerprint density at radius 1 is 1.41 bits per heavy atom. The van der Waals surface area contributed by atoms with Gasteiger partial charge >= 0.3 is 0 Å². The lowest BCUT2D eigenvalue weighted by Gasteiger charge is -2.07. The first-order valence-electron chi connectivity index (χ1n) is 5.19. The number of hydrogen-bond acceptors (Lipinski definition) is 4. The molecule has 0 aliphatic carbocycles. The molecule has 0 spiro atoms. The Bertz CT molecular complexity index is 440. The first-order chi connectivity index (χ1) is 8.12. The molecule has 0 unspecified atom stereocenters. The second-order valence-electron chi connectivity index (χ2n) is 3.35. The molecule has 17 heavy (non-hydrogen) atoms. The van der Waals surface area contributed by atoms with Gasteiger partial charge in [-0.05, 0) is 18.2 Å². The lowest BCUT2D eigenvalue weighted by atomic mass is 10.1. The molecule has 1 aromatic rings. The highest BCUT2D eigenvalue weighted by atomic mass is 16.6. The monoisotopic (exact) mass is 237 g/mol. The van der Waals surface area contributed by atoms with Crippen molar-refractivity contribution in [3.05, 3.63) is 39.6 Å². The standard InChI is InChI=1S/C12H15NO4/c1-4-10(13(14)15)7-9-8-11(16-2)5-6-12(9)17-3/h5-8H,4H2,1-3H3/b10-7-. The van der Waals surface area contributed by atoms with Crippen LogP contribution < -0.4 is 9.47 Å². The van der Waals surface area contributed by atoms with E-state index in [0.29, 0.717) is 23.5 Å². The minimum atomic E-state index is -0.390. The van der Waals surface area contributed by atoms with E-state index in [2.05, 4.69) is 0 Å². The van der Waals surface area contributed by atoms with Crippen LogP contribution in [-0.4, -0.2) is 19.1 Å². The van der Waals surface area contributed by atoms with E-state index in [1.807, 2.05) is 0 Å². The van der Waals surface area contributed by atoms with Crippen molar-refractivity contribution in [2.24, 2.45) is 0 Å². The van der Waals surface area contributed by atoms with Crippen LogP contribution in [0.25, 0.3) is 6.08 Å². The van der Waals surface area contributed by atoms with Crippen molar-refractivity contribution in [3.8, 4) is 11.5 Å². The molecule has 0 bridgehead atoms. The first-order valence-corrected chi connectivity index (χ1v) is 5.19. The quantitative estimate of drug-likeness (QED) is 0.583. The van der Waals surface area contributed by atoms with Crippen LogP contribution >= 0.6 is 0 Å². The van der Waals surface area contributed by atoms with E-state index >= 15 is 0 Å². The number of ether oxygens (including phenoxy) is 2. The molecular formula is C12H15NO4. The lowest BCUT2D eigenvalue weighted by molar-refractivity contribution is -0.425. The predicted octanol–water partition coefficient (Wildman–Crippen LogP) is 2.73. The lowest BCUT2D eigenvalue weighted by Crippen LogP contribution is -1.97. The van der Waals surface area contributed by atoms with Crippen molar-refractivity contribution < 1.29 is 14.4 Å². The van der Waals surface area contributed by atoms with Crippen molar-refractivity contribution in [2.75, 3.05) is 14.2 Å². The van der Waals surface area contributed by atoms with Gasteiger partial charge in [0.2, 0.25) is 5.70 Å². The fourth-order valence-corrected chi connectivity index (χ4v) is 1.42. The highest BCUT2D eigenvalue weighted by Crippen LogP contribution is 2.26. The summed E-state index contributed by atoms with van der Waals surface area (Å²) in [7, 11) is 3.07. The molecule has 0 N–H and O–H groups in total. The smallest absolute Gasteiger partial charge is 0.246 e.